The summed E-state index contributed by atoms with van der Waals surface area (Å²) in [6, 6.07) is 13.9. The average Bonchev–Trinajstić information content (AvgIpc) is 3.55. The molecule has 0 saturated carbocycles. The molecule has 1 amide bonds. The summed E-state index contributed by atoms with van der Waals surface area (Å²) in [5.41, 5.74) is 4.72. The van der Waals surface area contributed by atoms with Gasteiger partial charge in [-0.05, 0) is 48.7 Å². The Balaban J connectivity index is 1.43. The minimum atomic E-state index is -4.03. The molecule has 0 aliphatic carbocycles. The molecule has 0 bridgehead atoms. The van der Waals surface area contributed by atoms with E-state index in [0.29, 0.717) is 48.6 Å². The van der Waals surface area contributed by atoms with Gasteiger partial charge < -0.3 is 10.1 Å². The molecule has 218 valence electrons. The number of nitrogens with one attached hydrogen (secondary N) is 1. The molecule has 11 heteroatoms. The van der Waals surface area contributed by atoms with Crippen LogP contribution in [-0.2, 0) is 28.2 Å². The first-order valence-electron chi connectivity index (χ1n) is 14.1. The first-order chi connectivity index (χ1) is 20.3. The SMILES string of the molecule is CCc1c(-c2ccc(C(=O)NCCN3CCOCC3)cc2)n(S(=O)(=O)c2ccc(C)cc2)c2ncc3cnn(C)c3c12. The van der Waals surface area contributed by atoms with Gasteiger partial charge in [-0.1, -0.05) is 36.8 Å². The second-order valence-corrected chi connectivity index (χ2v) is 12.4. The van der Waals surface area contributed by atoms with Gasteiger partial charge in [0, 0.05) is 55.8 Å². The number of carbonyl (C=O) groups excluding carboxylic acids is 1. The van der Waals surface area contributed by atoms with E-state index in [9.17, 15) is 13.2 Å². The molecule has 10 nitrogen and oxygen atoms in total. The van der Waals surface area contributed by atoms with Crippen molar-refractivity contribution >= 4 is 37.9 Å². The lowest BCUT2D eigenvalue weighted by Crippen LogP contribution is -2.41. The van der Waals surface area contributed by atoms with Crippen molar-refractivity contribution in [3.8, 4) is 11.3 Å². The van der Waals surface area contributed by atoms with Crippen molar-refractivity contribution in [3.63, 3.8) is 0 Å². The number of hydrogen-bond donors (Lipinski definition) is 1. The van der Waals surface area contributed by atoms with Crippen LogP contribution in [0.25, 0.3) is 33.2 Å². The number of nitrogens with zero attached hydrogens (tertiary/aromatic N) is 5. The van der Waals surface area contributed by atoms with Crippen LogP contribution in [-0.4, -0.2) is 77.4 Å². The van der Waals surface area contributed by atoms with E-state index in [4.69, 9.17) is 4.74 Å². The second-order valence-electron chi connectivity index (χ2n) is 10.6. The quantitative estimate of drug-likeness (QED) is 0.295. The predicted molar refractivity (Wildman–Crippen MR) is 162 cm³/mol. The van der Waals surface area contributed by atoms with Crippen molar-refractivity contribution in [2.24, 2.45) is 7.05 Å². The first kappa shape index (κ1) is 28.1. The zero-order valence-electron chi connectivity index (χ0n) is 24.0. The Kier molecular flexibility index (Phi) is 7.56. The molecular weight excluding hydrogens is 552 g/mol. The Morgan fingerprint density at radius 2 is 1.74 bits per heavy atom. The molecule has 3 aromatic heterocycles. The Hall–Kier alpha value is -4.06. The largest absolute Gasteiger partial charge is 0.379 e. The van der Waals surface area contributed by atoms with E-state index in [0.717, 1.165) is 47.1 Å². The topological polar surface area (TPSA) is 111 Å². The molecule has 1 saturated heterocycles. The van der Waals surface area contributed by atoms with Gasteiger partial charge in [-0.3, -0.25) is 14.4 Å². The van der Waals surface area contributed by atoms with Gasteiger partial charge in [0.05, 0.1) is 35.5 Å². The fraction of sp³-hybridized carbons (Fsp3) is 0.323. The summed E-state index contributed by atoms with van der Waals surface area (Å²) < 4.78 is 37.1. The summed E-state index contributed by atoms with van der Waals surface area (Å²) in [7, 11) is -2.19. The number of aromatic nitrogens is 4. The number of benzene rings is 2. The Morgan fingerprint density at radius 3 is 2.43 bits per heavy atom. The third-order valence-electron chi connectivity index (χ3n) is 7.89. The van der Waals surface area contributed by atoms with Crippen LogP contribution in [0.15, 0.2) is 65.8 Å². The first-order valence-corrected chi connectivity index (χ1v) is 15.6. The summed E-state index contributed by atoms with van der Waals surface area (Å²) in [5, 5.41) is 8.99. The minimum absolute atomic E-state index is 0.170. The highest BCUT2D eigenvalue weighted by Crippen LogP contribution is 2.39. The Bertz CT molecular complexity index is 1870. The predicted octanol–water partition coefficient (Wildman–Crippen LogP) is 3.76. The van der Waals surface area contributed by atoms with Gasteiger partial charge in [0.25, 0.3) is 15.9 Å². The highest BCUT2D eigenvalue weighted by molar-refractivity contribution is 7.90. The molecule has 1 aliphatic heterocycles. The number of pyridine rings is 1. The van der Waals surface area contributed by atoms with Gasteiger partial charge in [0.15, 0.2) is 5.65 Å². The fourth-order valence-electron chi connectivity index (χ4n) is 5.65. The van der Waals surface area contributed by atoms with Crippen LogP contribution in [0, 0.1) is 6.92 Å². The number of fused-ring (bicyclic) bond motifs is 3. The second kappa shape index (κ2) is 11.3. The summed E-state index contributed by atoms with van der Waals surface area (Å²) in [6.45, 7) is 8.39. The van der Waals surface area contributed by atoms with Crippen molar-refractivity contribution in [1.82, 2.24) is 29.0 Å². The van der Waals surface area contributed by atoms with E-state index < -0.39 is 10.0 Å². The molecule has 42 heavy (non-hydrogen) atoms. The molecule has 0 spiro atoms. The lowest BCUT2D eigenvalue weighted by atomic mass is 10.0. The van der Waals surface area contributed by atoms with E-state index in [-0.39, 0.29) is 10.8 Å². The van der Waals surface area contributed by atoms with Crippen LogP contribution in [0.1, 0.15) is 28.4 Å². The smallest absolute Gasteiger partial charge is 0.269 e. The van der Waals surface area contributed by atoms with Crippen LogP contribution < -0.4 is 5.32 Å². The molecule has 0 radical (unpaired) electrons. The van der Waals surface area contributed by atoms with E-state index >= 15 is 0 Å². The number of rotatable bonds is 8. The third kappa shape index (κ3) is 4.97. The van der Waals surface area contributed by atoms with E-state index in [1.54, 1.807) is 53.5 Å². The molecule has 0 atom stereocenters. The van der Waals surface area contributed by atoms with Crippen molar-refractivity contribution in [2.45, 2.75) is 25.2 Å². The average molecular weight is 587 g/mol. The molecular formula is C31H34N6O4S. The number of morpholine rings is 1. The maximum atomic E-state index is 14.3. The summed E-state index contributed by atoms with van der Waals surface area (Å²) >= 11 is 0. The standard InChI is InChI=1S/C31H34N6O4S/c1-4-26-27-29-24(20-34-35(29)3)19-33-30(27)37(42(39,40)25-11-5-21(2)6-12-25)28(26)22-7-9-23(10-8-22)31(38)32-13-14-36-15-17-41-18-16-36/h5-12,19-20H,4,13-18H2,1-3H3,(H,32,38). The van der Waals surface area contributed by atoms with Gasteiger partial charge in [-0.25, -0.2) is 17.4 Å². The molecule has 1 aliphatic rings. The van der Waals surface area contributed by atoms with Gasteiger partial charge in [-0.15, -0.1) is 0 Å². The molecule has 0 unspecified atom stereocenters. The number of carbonyl (C=O) groups is 1. The minimum Gasteiger partial charge on any atom is -0.379 e. The van der Waals surface area contributed by atoms with Gasteiger partial charge in [0.2, 0.25) is 0 Å². The van der Waals surface area contributed by atoms with Crippen LogP contribution >= 0.6 is 0 Å². The molecule has 4 heterocycles. The van der Waals surface area contributed by atoms with Crippen molar-refractivity contribution in [3.05, 3.63) is 77.6 Å². The van der Waals surface area contributed by atoms with Crippen LogP contribution in [0.4, 0.5) is 0 Å². The zero-order chi connectivity index (χ0) is 29.4. The van der Waals surface area contributed by atoms with Crippen LogP contribution in [0.5, 0.6) is 0 Å². The highest BCUT2D eigenvalue weighted by atomic mass is 32.2. The van der Waals surface area contributed by atoms with Gasteiger partial charge >= 0.3 is 0 Å². The van der Waals surface area contributed by atoms with Crippen molar-refractivity contribution < 1.29 is 17.9 Å². The highest BCUT2D eigenvalue weighted by Gasteiger charge is 2.30. The fourth-order valence-corrected chi connectivity index (χ4v) is 7.17. The molecule has 1 N–H and O–H groups in total. The normalized spacial score (nSPS) is 14.5. The number of hydrogen-bond acceptors (Lipinski definition) is 7. The van der Waals surface area contributed by atoms with E-state index in [1.165, 1.54) is 3.97 Å². The number of aryl methyl sites for hydroxylation is 3. The Morgan fingerprint density at radius 1 is 1.02 bits per heavy atom. The molecule has 1 fully saturated rings. The molecule has 6 rings (SSSR count). The maximum Gasteiger partial charge on any atom is 0.269 e. The molecule has 2 aromatic carbocycles. The molecule has 5 aromatic rings. The lowest BCUT2D eigenvalue weighted by Gasteiger charge is -2.26. The van der Waals surface area contributed by atoms with E-state index in [2.05, 4.69) is 20.3 Å². The third-order valence-corrected chi connectivity index (χ3v) is 9.59. The van der Waals surface area contributed by atoms with Crippen LogP contribution in [0.2, 0.25) is 0 Å². The lowest BCUT2D eigenvalue weighted by molar-refractivity contribution is 0.0383. The summed E-state index contributed by atoms with van der Waals surface area (Å²) in [4.78, 5) is 20.0. The summed E-state index contributed by atoms with van der Waals surface area (Å²) in [5.74, 6) is -0.170. The Labute approximate surface area is 245 Å². The summed E-state index contributed by atoms with van der Waals surface area (Å²) in [6.07, 6.45) is 3.97. The number of ether oxygens (including phenoxy) is 1. The zero-order valence-corrected chi connectivity index (χ0v) is 24.8. The van der Waals surface area contributed by atoms with Crippen molar-refractivity contribution in [1.29, 1.82) is 0 Å². The van der Waals surface area contributed by atoms with E-state index in [1.807, 2.05) is 33.0 Å². The monoisotopic (exact) mass is 586 g/mol. The maximum absolute atomic E-state index is 14.3. The van der Waals surface area contributed by atoms with Gasteiger partial charge in [0.1, 0.15) is 0 Å². The van der Waals surface area contributed by atoms with Crippen LogP contribution in [0.3, 0.4) is 0 Å². The van der Waals surface area contributed by atoms with Crippen molar-refractivity contribution in [2.75, 3.05) is 39.4 Å². The number of amides is 1. The van der Waals surface area contributed by atoms with Gasteiger partial charge in [-0.2, -0.15) is 5.10 Å².